The van der Waals surface area contributed by atoms with Gasteiger partial charge >= 0.3 is 106 Å². The molecule has 1 heterocycles. The minimum absolute atomic E-state index is 0.113. The van der Waals surface area contributed by atoms with Gasteiger partial charge in [-0.3, -0.25) is 0 Å². The van der Waals surface area contributed by atoms with Crippen LogP contribution in [0, 0.1) is 0 Å². The van der Waals surface area contributed by atoms with Crippen molar-refractivity contribution in [3.63, 3.8) is 0 Å². The van der Waals surface area contributed by atoms with E-state index in [1.165, 1.54) is 4.35 Å². The molecule has 81 valence electrons. The molecule has 0 aliphatic rings. The Morgan fingerprint density at radius 3 is 2.47 bits per heavy atom. The van der Waals surface area contributed by atoms with Crippen molar-refractivity contribution in [3.8, 4) is 0 Å². The molecule has 0 aliphatic carbocycles. The number of nitrogens with zero attached hydrogens (tertiary/aromatic N) is 2. The Morgan fingerprint density at radius 2 is 1.59 bits per heavy atom. The molecule has 0 N–H and O–H groups in total. The van der Waals surface area contributed by atoms with E-state index in [-0.39, 0.29) is 15.8 Å². The van der Waals surface area contributed by atoms with E-state index in [0.29, 0.717) is 0 Å². The van der Waals surface area contributed by atoms with Gasteiger partial charge in [-0.2, -0.15) is 0 Å². The monoisotopic (exact) mass is 281 g/mol. The molecule has 3 rings (SSSR count). The van der Waals surface area contributed by atoms with Crippen molar-refractivity contribution < 1.29 is 0 Å². The molecule has 0 unspecified atom stereocenters. The Labute approximate surface area is 106 Å². The van der Waals surface area contributed by atoms with Crippen LogP contribution >= 0.6 is 0 Å². The standard InChI is InChI=1S/C14H10AsN2/c1-2-7-12(8-3-1)15-14-16-10-11-6-4-5-9-13(11)17-14/h1-10H. The normalized spacial score (nSPS) is 11.3. The first kappa shape index (κ1) is 10.5. The predicted octanol–water partition coefficient (Wildman–Crippen LogP) is 1.28. The molecular weight excluding hydrogens is 271 g/mol. The Hall–Kier alpha value is -1.66. The van der Waals surface area contributed by atoms with Crippen LogP contribution in [0.15, 0.2) is 60.8 Å². The van der Waals surface area contributed by atoms with Gasteiger partial charge in [0, 0.05) is 0 Å². The number of aromatic nitrogens is 2. The third-order valence-corrected chi connectivity index (χ3v) is 4.50. The summed E-state index contributed by atoms with van der Waals surface area (Å²) < 4.78 is 2.30. The van der Waals surface area contributed by atoms with Crippen LogP contribution < -0.4 is 8.96 Å². The van der Waals surface area contributed by atoms with Gasteiger partial charge in [-0.25, -0.2) is 0 Å². The molecule has 2 nitrogen and oxygen atoms in total. The number of fused-ring (bicyclic) bond motifs is 1. The van der Waals surface area contributed by atoms with Crippen molar-refractivity contribution >= 4 is 35.6 Å². The van der Waals surface area contributed by atoms with Crippen molar-refractivity contribution in [2.45, 2.75) is 0 Å². The predicted molar refractivity (Wildman–Crippen MR) is 71.0 cm³/mol. The molecule has 1 aromatic heterocycles. The summed E-state index contributed by atoms with van der Waals surface area (Å²) in [5, 5.41) is 1.10. The van der Waals surface area contributed by atoms with Gasteiger partial charge in [-0.05, 0) is 0 Å². The Morgan fingerprint density at radius 1 is 0.824 bits per heavy atom. The summed E-state index contributed by atoms with van der Waals surface area (Å²) in [5.41, 5.74) is 1.03. The van der Waals surface area contributed by atoms with Crippen LogP contribution in [0.4, 0.5) is 0 Å². The molecule has 17 heavy (non-hydrogen) atoms. The minimum atomic E-state index is -0.113. The molecule has 1 radical (unpaired) electrons. The molecule has 0 atom stereocenters. The number of hydrogen-bond donors (Lipinski definition) is 0. The first-order valence-electron chi connectivity index (χ1n) is 5.40. The van der Waals surface area contributed by atoms with Crippen molar-refractivity contribution in [1.82, 2.24) is 9.97 Å². The van der Waals surface area contributed by atoms with Crippen LogP contribution in [0.2, 0.25) is 0 Å². The van der Waals surface area contributed by atoms with Gasteiger partial charge in [-0.1, -0.05) is 0 Å². The Balaban J connectivity index is 1.96. The summed E-state index contributed by atoms with van der Waals surface area (Å²) in [6.45, 7) is 0. The van der Waals surface area contributed by atoms with E-state index in [1.54, 1.807) is 0 Å². The van der Waals surface area contributed by atoms with Gasteiger partial charge < -0.3 is 0 Å². The zero-order valence-electron chi connectivity index (χ0n) is 9.12. The van der Waals surface area contributed by atoms with Crippen LogP contribution in [0.5, 0.6) is 0 Å². The molecule has 3 aromatic rings. The molecular formula is C14H10AsN2. The van der Waals surface area contributed by atoms with Crippen LogP contribution in [0.3, 0.4) is 0 Å². The van der Waals surface area contributed by atoms with E-state index >= 15 is 0 Å². The van der Waals surface area contributed by atoms with E-state index in [1.807, 2.05) is 36.5 Å². The van der Waals surface area contributed by atoms with Crippen molar-refractivity contribution in [1.29, 1.82) is 0 Å². The van der Waals surface area contributed by atoms with Crippen LogP contribution in [0.1, 0.15) is 0 Å². The van der Waals surface area contributed by atoms with Gasteiger partial charge in [0.1, 0.15) is 0 Å². The fraction of sp³-hybridized carbons (Fsp3) is 0. The SMILES string of the molecule is c1ccc([As]c2ncc3ccccc3n2)cc1. The number of benzene rings is 2. The summed E-state index contributed by atoms with van der Waals surface area (Å²) >= 11 is -0.113. The van der Waals surface area contributed by atoms with Crippen molar-refractivity contribution in [3.05, 3.63) is 60.8 Å². The summed E-state index contributed by atoms with van der Waals surface area (Å²) in [5.74, 6) is 0. The van der Waals surface area contributed by atoms with Gasteiger partial charge in [0.05, 0.1) is 0 Å². The number of para-hydroxylation sites is 1. The molecule has 0 saturated heterocycles. The topological polar surface area (TPSA) is 25.8 Å². The van der Waals surface area contributed by atoms with E-state index in [4.69, 9.17) is 0 Å². The average molecular weight is 281 g/mol. The van der Waals surface area contributed by atoms with Crippen LogP contribution in [0.25, 0.3) is 10.9 Å². The molecule has 0 aliphatic heterocycles. The maximum atomic E-state index is 4.60. The fourth-order valence-electron chi connectivity index (χ4n) is 1.63. The molecule has 0 bridgehead atoms. The van der Waals surface area contributed by atoms with Gasteiger partial charge in [0.2, 0.25) is 0 Å². The van der Waals surface area contributed by atoms with Gasteiger partial charge in [0.15, 0.2) is 0 Å². The molecule has 0 saturated carbocycles. The second-order valence-electron chi connectivity index (χ2n) is 3.68. The fourth-order valence-corrected chi connectivity index (χ4v) is 3.37. The number of hydrogen-bond acceptors (Lipinski definition) is 2. The van der Waals surface area contributed by atoms with E-state index in [2.05, 4.69) is 34.2 Å². The first-order chi connectivity index (χ1) is 8.42. The zero-order valence-corrected chi connectivity index (χ0v) is 11.0. The average Bonchev–Trinajstić information content (AvgIpc) is 2.40. The first-order valence-corrected chi connectivity index (χ1v) is 7.28. The summed E-state index contributed by atoms with van der Waals surface area (Å²) in [4.78, 5) is 9.03. The summed E-state index contributed by atoms with van der Waals surface area (Å²) in [6, 6.07) is 18.5. The third kappa shape index (κ3) is 2.37. The van der Waals surface area contributed by atoms with E-state index < -0.39 is 0 Å². The quantitative estimate of drug-likeness (QED) is 0.661. The van der Waals surface area contributed by atoms with Crippen LogP contribution in [-0.2, 0) is 0 Å². The Bertz CT molecular complexity index is 638. The molecule has 0 fully saturated rings. The molecule has 0 amide bonds. The van der Waals surface area contributed by atoms with Crippen molar-refractivity contribution in [2.24, 2.45) is 0 Å². The van der Waals surface area contributed by atoms with E-state index in [9.17, 15) is 0 Å². The zero-order chi connectivity index (χ0) is 11.5. The Kier molecular flexibility index (Phi) is 2.89. The third-order valence-electron chi connectivity index (χ3n) is 2.46. The second-order valence-corrected chi connectivity index (χ2v) is 6.07. The summed E-state index contributed by atoms with van der Waals surface area (Å²) in [6.07, 6.45) is 1.91. The van der Waals surface area contributed by atoms with Crippen molar-refractivity contribution in [2.75, 3.05) is 0 Å². The van der Waals surface area contributed by atoms with Crippen LogP contribution in [-0.4, -0.2) is 25.7 Å². The molecule has 3 heteroatoms. The van der Waals surface area contributed by atoms with Gasteiger partial charge in [0.25, 0.3) is 0 Å². The van der Waals surface area contributed by atoms with E-state index in [0.717, 1.165) is 15.5 Å². The van der Waals surface area contributed by atoms with Gasteiger partial charge in [-0.15, -0.1) is 0 Å². The second kappa shape index (κ2) is 4.68. The number of rotatable bonds is 2. The molecule has 0 spiro atoms. The summed E-state index contributed by atoms with van der Waals surface area (Å²) in [7, 11) is 0. The maximum absolute atomic E-state index is 4.60. The molecule has 2 aromatic carbocycles.